The van der Waals surface area contributed by atoms with Crippen molar-refractivity contribution in [3.63, 3.8) is 0 Å². The van der Waals surface area contributed by atoms with Gasteiger partial charge in [0.2, 0.25) is 20.0 Å². The first-order valence-electron chi connectivity index (χ1n) is 13.7. The van der Waals surface area contributed by atoms with Crippen molar-refractivity contribution in [2.24, 2.45) is 0 Å². The molecular formula is C30H36N4O4S2. The third-order valence-electron chi connectivity index (χ3n) is 7.43. The van der Waals surface area contributed by atoms with Crippen molar-refractivity contribution in [3.8, 4) is 0 Å². The fraction of sp³-hybridized carbons (Fsp3) is 0.333. The van der Waals surface area contributed by atoms with E-state index in [2.05, 4.69) is 19.2 Å². The average molecular weight is 581 g/mol. The minimum Gasteiger partial charge on any atom is -0.301 e. The highest BCUT2D eigenvalue weighted by Crippen LogP contribution is 2.23. The first kappa shape index (κ1) is 28.7. The Morgan fingerprint density at radius 3 is 1.32 bits per heavy atom. The molecule has 0 bridgehead atoms. The van der Waals surface area contributed by atoms with Gasteiger partial charge >= 0.3 is 0 Å². The summed E-state index contributed by atoms with van der Waals surface area (Å²) in [5, 5.41) is 3.28. The molecule has 1 saturated heterocycles. The number of nitrogens with zero attached hydrogens (tertiary/aromatic N) is 2. The van der Waals surface area contributed by atoms with Crippen LogP contribution in [0.3, 0.4) is 0 Å². The normalized spacial score (nSPS) is 15.6. The van der Waals surface area contributed by atoms with Gasteiger partial charge in [-0.25, -0.2) is 26.3 Å². The highest BCUT2D eigenvalue weighted by atomic mass is 32.2. The zero-order valence-electron chi connectivity index (χ0n) is 22.5. The Morgan fingerprint density at radius 2 is 0.900 bits per heavy atom. The molecular weight excluding hydrogens is 544 g/mol. The molecule has 1 aliphatic heterocycles. The molecule has 0 amide bonds. The molecule has 1 heterocycles. The number of fused-ring (bicyclic) bond motifs is 2. The van der Waals surface area contributed by atoms with Gasteiger partial charge < -0.3 is 9.80 Å². The lowest BCUT2D eigenvalue weighted by Gasteiger charge is -2.34. The number of sulfonamides is 2. The molecule has 0 aromatic heterocycles. The molecule has 0 saturated carbocycles. The molecule has 0 atom stereocenters. The molecule has 8 nitrogen and oxygen atoms in total. The molecule has 2 N–H and O–H groups in total. The summed E-state index contributed by atoms with van der Waals surface area (Å²) in [6.07, 6.45) is 1.47. The van der Waals surface area contributed by atoms with Crippen molar-refractivity contribution >= 4 is 41.6 Å². The number of benzene rings is 4. The second kappa shape index (κ2) is 12.8. The van der Waals surface area contributed by atoms with Gasteiger partial charge in [0.25, 0.3) is 0 Å². The van der Waals surface area contributed by atoms with E-state index < -0.39 is 20.0 Å². The predicted molar refractivity (Wildman–Crippen MR) is 160 cm³/mol. The van der Waals surface area contributed by atoms with E-state index in [9.17, 15) is 16.8 Å². The molecule has 0 unspecified atom stereocenters. The summed E-state index contributed by atoms with van der Waals surface area (Å²) in [5.41, 5.74) is 0. The van der Waals surface area contributed by atoms with Crippen molar-refractivity contribution < 1.29 is 16.8 Å². The number of nitrogens with one attached hydrogen (secondary N) is 2. The van der Waals surface area contributed by atoms with E-state index in [0.717, 1.165) is 73.7 Å². The van der Waals surface area contributed by atoms with Crippen LogP contribution >= 0.6 is 0 Å². The summed E-state index contributed by atoms with van der Waals surface area (Å²) in [6, 6.07) is 25.7. The monoisotopic (exact) mass is 580 g/mol. The minimum atomic E-state index is -3.58. The molecule has 5 rings (SSSR count). The highest BCUT2D eigenvalue weighted by Gasteiger charge is 2.20. The number of piperazine rings is 1. The van der Waals surface area contributed by atoms with Crippen LogP contribution < -0.4 is 9.44 Å². The molecule has 212 valence electrons. The predicted octanol–water partition coefficient (Wildman–Crippen LogP) is 3.65. The Morgan fingerprint density at radius 1 is 0.525 bits per heavy atom. The Bertz CT molecular complexity index is 1530. The van der Waals surface area contributed by atoms with E-state index in [1.54, 1.807) is 24.3 Å². The highest BCUT2D eigenvalue weighted by molar-refractivity contribution is 7.90. The first-order valence-corrected chi connectivity index (χ1v) is 16.7. The maximum absolute atomic E-state index is 12.9. The summed E-state index contributed by atoms with van der Waals surface area (Å²) in [5.74, 6) is 0. The zero-order valence-corrected chi connectivity index (χ0v) is 24.1. The standard InChI is InChI=1S/C30H36N4O4S2/c35-39(36,29-15-5-11-25-9-1-3-13-27(25)29)31-17-7-19-33-21-23-34(24-22-33)20-8-18-32-40(37,38)30-16-6-12-26-10-2-4-14-28(26)30/h1-6,9-16,31-32H,7-8,17-24H2. The SMILES string of the molecule is O=S(=O)(NCCCN1CCN(CCCNS(=O)(=O)c2cccc3ccccc23)CC1)c1cccc2ccccc12. The van der Waals surface area contributed by atoms with Crippen molar-refractivity contribution in [1.29, 1.82) is 0 Å². The topological polar surface area (TPSA) is 98.8 Å². The van der Waals surface area contributed by atoms with E-state index in [-0.39, 0.29) is 0 Å². The molecule has 0 radical (unpaired) electrons. The Labute approximate surface area is 237 Å². The third-order valence-corrected chi connectivity index (χ3v) is 10.5. The quantitative estimate of drug-likeness (QED) is 0.248. The number of hydrogen-bond acceptors (Lipinski definition) is 6. The van der Waals surface area contributed by atoms with Crippen molar-refractivity contribution in [2.75, 3.05) is 52.4 Å². The lowest BCUT2D eigenvalue weighted by molar-refractivity contribution is 0.131. The molecule has 0 aliphatic carbocycles. The van der Waals surface area contributed by atoms with Gasteiger partial charge in [0, 0.05) is 50.0 Å². The van der Waals surface area contributed by atoms with Crippen LogP contribution in [-0.4, -0.2) is 79.0 Å². The Hall–Kier alpha value is -2.86. The molecule has 40 heavy (non-hydrogen) atoms. The van der Waals surface area contributed by atoms with E-state index in [0.29, 0.717) is 22.9 Å². The average Bonchev–Trinajstić information content (AvgIpc) is 2.97. The third kappa shape index (κ3) is 6.88. The van der Waals surface area contributed by atoms with Gasteiger partial charge in [-0.3, -0.25) is 0 Å². The number of rotatable bonds is 12. The maximum Gasteiger partial charge on any atom is 0.241 e. The molecule has 0 spiro atoms. The Kier molecular flexibility index (Phi) is 9.14. The summed E-state index contributed by atoms with van der Waals surface area (Å²) in [6.45, 7) is 6.10. The van der Waals surface area contributed by atoms with Gasteiger partial charge in [-0.2, -0.15) is 0 Å². The maximum atomic E-state index is 12.9. The summed E-state index contributed by atoms with van der Waals surface area (Å²) >= 11 is 0. The zero-order chi connectivity index (χ0) is 28.0. The van der Waals surface area contributed by atoms with Crippen LogP contribution in [-0.2, 0) is 20.0 Å². The van der Waals surface area contributed by atoms with Gasteiger partial charge in [0.1, 0.15) is 0 Å². The lowest BCUT2D eigenvalue weighted by Crippen LogP contribution is -2.47. The van der Waals surface area contributed by atoms with Gasteiger partial charge in [-0.05, 0) is 48.8 Å². The smallest absolute Gasteiger partial charge is 0.241 e. The van der Waals surface area contributed by atoms with Crippen molar-refractivity contribution in [3.05, 3.63) is 84.9 Å². The minimum absolute atomic E-state index is 0.318. The van der Waals surface area contributed by atoms with Crippen LogP contribution in [0.5, 0.6) is 0 Å². The summed E-state index contributed by atoms with van der Waals surface area (Å²) in [7, 11) is -7.15. The second-order valence-corrected chi connectivity index (χ2v) is 13.6. The molecule has 10 heteroatoms. The fourth-order valence-electron chi connectivity index (χ4n) is 5.27. The van der Waals surface area contributed by atoms with Gasteiger partial charge in [-0.15, -0.1) is 0 Å². The van der Waals surface area contributed by atoms with E-state index in [1.165, 1.54) is 0 Å². The lowest BCUT2D eigenvalue weighted by atomic mass is 10.1. The van der Waals surface area contributed by atoms with E-state index in [1.807, 2.05) is 60.7 Å². The van der Waals surface area contributed by atoms with Gasteiger partial charge in [0.15, 0.2) is 0 Å². The van der Waals surface area contributed by atoms with Crippen molar-refractivity contribution in [1.82, 2.24) is 19.2 Å². The van der Waals surface area contributed by atoms with Crippen LogP contribution in [0.2, 0.25) is 0 Å². The molecule has 4 aromatic carbocycles. The molecule has 1 aliphatic rings. The van der Waals surface area contributed by atoms with E-state index >= 15 is 0 Å². The Balaban J connectivity index is 1.00. The first-order chi connectivity index (χ1) is 19.3. The number of hydrogen-bond donors (Lipinski definition) is 2. The van der Waals surface area contributed by atoms with Crippen LogP contribution in [0.1, 0.15) is 12.8 Å². The second-order valence-electron chi connectivity index (χ2n) is 10.1. The summed E-state index contributed by atoms with van der Waals surface area (Å²) in [4.78, 5) is 5.34. The largest absolute Gasteiger partial charge is 0.301 e. The van der Waals surface area contributed by atoms with Crippen molar-refractivity contribution in [2.45, 2.75) is 22.6 Å². The van der Waals surface area contributed by atoms with Crippen LogP contribution in [0.25, 0.3) is 21.5 Å². The fourth-order valence-corrected chi connectivity index (χ4v) is 7.87. The van der Waals surface area contributed by atoms with Gasteiger partial charge in [-0.1, -0.05) is 72.8 Å². The van der Waals surface area contributed by atoms with Crippen LogP contribution in [0.4, 0.5) is 0 Å². The van der Waals surface area contributed by atoms with E-state index in [4.69, 9.17) is 0 Å². The molecule has 4 aromatic rings. The van der Waals surface area contributed by atoms with Gasteiger partial charge in [0.05, 0.1) is 9.79 Å². The van der Waals surface area contributed by atoms with Crippen LogP contribution in [0.15, 0.2) is 94.7 Å². The molecule has 1 fully saturated rings. The summed E-state index contributed by atoms with van der Waals surface area (Å²) < 4.78 is 57.1. The van der Waals surface area contributed by atoms with Crippen LogP contribution in [0, 0.1) is 0 Å².